The monoisotopic (exact) mass is 422 g/mol. The van der Waals surface area contributed by atoms with Gasteiger partial charge in [0.2, 0.25) is 0 Å². The lowest BCUT2D eigenvalue weighted by Gasteiger charge is -2.23. The van der Waals surface area contributed by atoms with Crippen LogP contribution in [0.4, 0.5) is 0 Å². The molecular formula is C15H27IN4O2. The average Bonchev–Trinajstić information content (AvgIpc) is 2.47. The van der Waals surface area contributed by atoms with Gasteiger partial charge in [-0.1, -0.05) is 12.1 Å². The number of aliphatic imine (C=N–C) groups is 1. The molecule has 0 aliphatic rings. The maximum atomic E-state index is 5.84. The molecule has 1 rings (SSSR count). The van der Waals surface area contributed by atoms with Gasteiger partial charge >= 0.3 is 0 Å². The molecule has 0 fully saturated rings. The first-order chi connectivity index (χ1) is 10.1. The van der Waals surface area contributed by atoms with Gasteiger partial charge in [0.15, 0.2) is 5.96 Å². The Morgan fingerprint density at radius 3 is 2.68 bits per heavy atom. The van der Waals surface area contributed by atoms with Gasteiger partial charge in [-0.3, -0.25) is 4.99 Å². The molecule has 22 heavy (non-hydrogen) atoms. The summed E-state index contributed by atoms with van der Waals surface area (Å²) in [6, 6.07) is 8.14. The minimum atomic E-state index is 0. The predicted molar refractivity (Wildman–Crippen MR) is 101 cm³/mol. The number of rotatable bonds is 8. The van der Waals surface area contributed by atoms with Crippen molar-refractivity contribution in [3.8, 4) is 5.75 Å². The number of guanidine groups is 1. The van der Waals surface area contributed by atoms with Gasteiger partial charge in [-0.05, 0) is 31.8 Å². The van der Waals surface area contributed by atoms with Crippen molar-refractivity contribution < 1.29 is 9.47 Å². The highest BCUT2D eigenvalue weighted by molar-refractivity contribution is 14.0. The van der Waals surface area contributed by atoms with Crippen LogP contribution in [0.5, 0.6) is 5.75 Å². The van der Waals surface area contributed by atoms with Gasteiger partial charge in [-0.25, -0.2) is 0 Å². The van der Waals surface area contributed by atoms with Crippen LogP contribution < -0.4 is 15.8 Å². The Morgan fingerprint density at radius 2 is 2.09 bits per heavy atom. The number of halogens is 1. The van der Waals surface area contributed by atoms with Crippen LogP contribution in [0.1, 0.15) is 11.6 Å². The third kappa shape index (κ3) is 7.28. The largest absolute Gasteiger partial charge is 0.497 e. The van der Waals surface area contributed by atoms with Crippen molar-refractivity contribution >= 4 is 29.9 Å². The number of nitrogens with zero attached hydrogens (tertiary/aromatic N) is 2. The van der Waals surface area contributed by atoms with Crippen LogP contribution in [0, 0.1) is 0 Å². The third-order valence-corrected chi connectivity index (χ3v) is 3.15. The van der Waals surface area contributed by atoms with Crippen LogP contribution in [0.3, 0.4) is 0 Å². The van der Waals surface area contributed by atoms with Crippen molar-refractivity contribution in [3.63, 3.8) is 0 Å². The van der Waals surface area contributed by atoms with E-state index in [2.05, 4.69) is 21.3 Å². The zero-order valence-electron chi connectivity index (χ0n) is 13.7. The lowest BCUT2D eigenvalue weighted by atomic mass is 10.1. The second-order valence-electron chi connectivity index (χ2n) is 4.90. The SMILES string of the molecule is COCCNC(N)=NCC(c1cccc(OC)c1)N(C)C.I. The number of hydrogen-bond donors (Lipinski definition) is 2. The number of ether oxygens (including phenoxy) is 2. The maximum absolute atomic E-state index is 5.84. The fourth-order valence-electron chi connectivity index (χ4n) is 1.94. The van der Waals surface area contributed by atoms with E-state index in [1.165, 1.54) is 0 Å². The Hall–Kier alpha value is -1.06. The molecule has 0 spiro atoms. The van der Waals surface area contributed by atoms with E-state index < -0.39 is 0 Å². The quantitative estimate of drug-likeness (QED) is 0.287. The Labute approximate surface area is 150 Å². The molecule has 0 aliphatic carbocycles. The third-order valence-electron chi connectivity index (χ3n) is 3.15. The standard InChI is InChI=1S/C15H26N4O2.HI/c1-19(2)14(11-18-15(16)17-8-9-20-3)12-6-5-7-13(10-12)21-4;/h5-7,10,14H,8-9,11H2,1-4H3,(H3,16,17,18);1H. The van der Waals surface area contributed by atoms with Gasteiger partial charge in [0, 0.05) is 13.7 Å². The molecule has 0 saturated heterocycles. The van der Waals surface area contributed by atoms with Crippen LogP contribution in [0.2, 0.25) is 0 Å². The lowest BCUT2D eigenvalue weighted by Crippen LogP contribution is -2.35. The first kappa shape index (κ1) is 20.9. The summed E-state index contributed by atoms with van der Waals surface area (Å²) in [6.45, 7) is 1.83. The van der Waals surface area contributed by atoms with Crippen molar-refractivity contribution in [2.24, 2.45) is 10.7 Å². The van der Waals surface area contributed by atoms with E-state index in [9.17, 15) is 0 Å². The normalized spacial score (nSPS) is 12.7. The van der Waals surface area contributed by atoms with Crippen molar-refractivity contribution in [2.75, 3.05) is 48.0 Å². The summed E-state index contributed by atoms with van der Waals surface area (Å²) in [6.07, 6.45) is 0. The number of nitrogens with one attached hydrogen (secondary N) is 1. The summed E-state index contributed by atoms with van der Waals surface area (Å²) in [5, 5.41) is 3.01. The van der Waals surface area contributed by atoms with E-state index in [1.54, 1.807) is 14.2 Å². The predicted octanol–water partition coefficient (Wildman–Crippen LogP) is 1.47. The minimum absolute atomic E-state index is 0. The molecule has 1 aromatic rings. The molecule has 6 nitrogen and oxygen atoms in total. The van der Waals surface area contributed by atoms with Gasteiger partial charge < -0.3 is 25.4 Å². The number of likely N-dealkylation sites (N-methyl/N-ethyl adjacent to an activating group) is 1. The van der Waals surface area contributed by atoms with Gasteiger partial charge in [0.1, 0.15) is 5.75 Å². The molecule has 0 aliphatic heterocycles. The Kier molecular flexibility index (Phi) is 10.9. The molecule has 1 aromatic carbocycles. The molecular weight excluding hydrogens is 395 g/mol. The molecule has 1 unspecified atom stereocenters. The Balaban J connectivity index is 0.00000441. The average molecular weight is 422 g/mol. The topological polar surface area (TPSA) is 72.1 Å². The summed E-state index contributed by atoms with van der Waals surface area (Å²) in [5.41, 5.74) is 6.98. The highest BCUT2D eigenvalue weighted by atomic mass is 127. The van der Waals surface area contributed by atoms with Gasteiger partial charge in [-0.2, -0.15) is 0 Å². The van der Waals surface area contributed by atoms with Crippen molar-refractivity contribution in [1.82, 2.24) is 10.2 Å². The van der Waals surface area contributed by atoms with E-state index in [4.69, 9.17) is 15.2 Å². The molecule has 1 atom stereocenters. The first-order valence-electron chi connectivity index (χ1n) is 6.91. The minimum Gasteiger partial charge on any atom is -0.497 e. The highest BCUT2D eigenvalue weighted by Gasteiger charge is 2.14. The summed E-state index contributed by atoms with van der Waals surface area (Å²) in [4.78, 5) is 6.51. The molecule has 0 radical (unpaired) electrons. The number of hydrogen-bond acceptors (Lipinski definition) is 4. The second-order valence-corrected chi connectivity index (χ2v) is 4.90. The first-order valence-corrected chi connectivity index (χ1v) is 6.91. The van der Waals surface area contributed by atoms with Crippen LogP contribution in [0.25, 0.3) is 0 Å². The zero-order chi connectivity index (χ0) is 15.7. The van der Waals surface area contributed by atoms with Gasteiger partial charge in [0.05, 0.1) is 26.3 Å². The van der Waals surface area contributed by atoms with Crippen LogP contribution >= 0.6 is 24.0 Å². The van der Waals surface area contributed by atoms with E-state index >= 15 is 0 Å². The smallest absolute Gasteiger partial charge is 0.188 e. The van der Waals surface area contributed by atoms with E-state index in [0.717, 1.165) is 11.3 Å². The molecule has 0 saturated carbocycles. The zero-order valence-corrected chi connectivity index (χ0v) is 16.0. The Bertz CT molecular complexity index is 455. The molecule has 0 amide bonds. The van der Waals surface area contributed by atoms with E-state index in [1.807, 2.05) is 32.3 Å². The number of methoxy groups -OCH3 is 2. The maximum Gasteiger partial charge on any atom is 0.188 e. The molecule has 0 aromatic heterocycles. The van der Waals surface area contributed by atoms with Crippen LogP contribution in [0.15, 0.2) is 29.3 Å². The Morgan fingerprint density at radius 1 is 1.36 bits per heavy atom. The molecule has 7 heteroatoms. The van der Waals surface area contributed by atoms with Crippen molar-refractivity contribution in [2.45, 2.75) is 6.04 Å². The molecule has 126 valence electrons. The summed E-state index contributed by atoms with van der Waals surface area (Å²) in [5.74, 6) is 1.27. The van der Waals surface area contributed by atoms with Gasteiger partial charge in [0.25, 0.3) is 0 Å². The lowest BCUT2D eigenvalue weighted by molar-refractivity contribution is 0.204. The highest BCUT2D eigenvalue weighted by Crippen LogP contribution is 2.22. The number of nitrogens with two attached hydrogens (primary N) is 1. The fourth-order valence-corrected chi connectivity index (χ4v) is 1.94. The van der Waals surface area contributed by atoms with E-state index in [0.29, 0.717) is 25.7 Å². The number of benzene rings is 1. The molecule has 0 bridgehead atoms. The van der Waals surface area contributed by atoms with Crippen LogP contribution in [-0.4, -0.2) is 58.9 Å². The van der Waals surface area contributed by atoms with E-state index in [-0.39, 0.29) is 30.0 Å². The van der Waals surface area contributed by atoms with Crippen molar-refractivity contribution in [3.05, 3.63) is 29.8 Å². The summed E-state index contributed by atoms with van der Waals surface area (Å²) in [7, 11) is 7.36. The molecule has 3 N–H and O–H groups in total. The fraction of sp³-hybridized carbons (Fsp3) is 0.533. The summed E-state index contributed by atoms with van der Waals surface area (Å²) >= 11 is 0. The van der Waals surface area contributed by atoms with Crippen molar-refractivity contribution in [1.29, 1.82) is 0 Å². The van der Waals surface area contributed by atoms with Gasteiger partial charge in [-0.15, -0.1) is 24.0 Å². The van der Waals surface area contributed by atoms with Crippen LogP contribution in [-0.2, 0) is 4.74 Å². The molecule has 0 heterocycles. The second kappa shape index (κ2) is 11.5. The summed E-state index contributed by atoms with van der Waals surface area (Å²) < 4.78 is 10.2.